The van der Waals surface area contributed by atoms with Crippen LogP contribution in [0.2, 0.25) is 0 Å². The summed E-state index contributed by atoms with van der Waals surface area (Å²) < 4.78 is 1.05. The fraction of sp³-hybridized carbons (Fsp3) is 0.143. The average molecular weight is 317 g/mol. The van der Waals surface area contributed by atoms with E-state index in [0.717, 1.165) is 38.2 Å². The lowest BCUT2D eigenvalue weighted by molar-refractivity contribution is 0.990. The number of benzene rings is 1. The number of rotatable bonds is 2. The molecule has 0 amide bonds. The van der Waals surface area contributed by atoms with E-state index in [1.807, 2.05) is 18.2 Å². The van der Waals surface area contributed by atoms with Crippen LogP contribution >= 0.6 is 15.9 Å². The second kappa shape index (κ2) is 4.75. The molecule has 19 heavy (non-hydrogen) atoms. The van der Waals surface area contributed by atoms with Crippen LogP contribution in [0.5, 0.6) is 0 Å². The number of pyridine rings is 1. The van der Waals surface area contributed by atoms with E-state index in [4.69, 9.17) is 5.73 Å². The largest absolute Gasteiger partial charge is 0.338 e. The number of aromatic nitrogens is 3. The number of hydrogen-bond donors (Lipinski definition) is 2. The van der Waals surface area contributed by atoms with Crippen LogP contribution in [0, 0.1) is 6.92 Å². The summed E-state index contributed by atoms with van der Waals surface area (Å²) in [5.74, 6) is 0.841. The molecule has 1 aromatic carbocycles. The van der Waals surface area contributed by atoms with Gasteiger partial charge in [0, 0.05) is 22.8 Å². The Morgan fingerprint density at radius 1 is 1.32 bits per heavy atom. The molecule has 0 spiro atoms. The molecule has 0 saturated heterocycles. The molecule has 0 aliphatic rings. The van der Waals surface area contributed by atoms with Gasteiger partial charge < -0.3 is 10.7 Å². The first-order valence-corrected chi connectivity index (χ1v) is 6.78. The van der Waals surface area contributed by atoms with E-state index in [1.165, 1.54) is 0 Å². The number of halogens is 1. The van der Waals surface area contributed by atoms with E-state index in [0.29, 0.717) is 6.54 Å². The van der Waals surface area contributed by atoms with Crippen LogP contribution in [0.1, 0.15) is 11.3 Å². The summed E-state index contributed by atoms with van der Waals surface area (Å²) in [5.41, 5.74) is 10.6. The smallest absolute Gasteiger partial charge is 0.138 e. The summed E-state index contributed by atoms with van der Waals surface area (Å²) in [6.45, 7) is 2.48. The fourth-order valence-corrected chi connectivity index (χ4v) is 2.69. The zero-order valence-electron chi connectivity index (χ0n) is 10.4. The molecule has 0 bridgehead atoms. The van der Waals surface area contributed by atoms with Crippen molar-refractivity contribution in [2.24, 2.45) is 5.73 Å². The molecule has 0 fully saturated rings. The maximum atomic E-state index is 5.62. The highest BCUT2D eigenvalue weighted by Crippen LogP contribution is 2.25. The Bertz CT molecular complexity index is 748. The van der Waals surface area contributed by atoms with Gasteiger partial charge in [0.25, 0.3) is 0 Å². The Balaban J connectivity index is 2.17. The minimum Gasteiger partial charge on any atom is -0.338 e. The zero-order chi connectivity index (χ0) is 13.4. The molecule has 4 nitrogen and oxygen atoms in total. The fourth-order valence-electron chi connectivity index (χ4n) is 2.12. The van der Waals surface area contributed by atoms with E-state index >= 15 is 0 Å². The molecule has 0 unspecified atom stereocenters. The minimum absolute atomic E-state index is 0.429. The SMILES string of the molecule is Cc1cc(Br)cc2[nH]c(-c3ccnc(CN)c3)nc12. The van der Waals surface area contributed by atoms with Gasteiger partial charge >= 0.3 is 0 Å². The van der Waals surface area contributed by atoms with Gasteiger partial charge in [0.1, 0.15) is 5.82 Å². The van der Waals surface area contributed by atoms with Crippen molar-refractivity contribution in [3.8, 4) is 11.4 Å². The molecule has 0 aliphatic carbocycles. The average Bonchev–Trinajstić information content (AvgIpc) is 2.83. The summed E-state index contributed by atoms with van der Waals surface area (Å²) in [6.07, 6.45) is 1.76. The minimum atomic E-state index is 0.429. The van der Waals surface area contributed by atoms with Crippen molar-refractivity contribution in [2.45, 2.75) is 13.5 Å². The number of H-pyrrole nitrogens is 1. The quantitative estimate of drug-likeness (QED) is 0.763. The van der Waals surface area contributed by atoms with Gasteiger partial charge in [-0.15, -0.1) is 0 Å². The van der Waals surface area contributed by atoms with Crippen molar-refractivity contribution in [3.05, 3.63) is 46.2 Å². The van der Waals surface area contributed by atoms with E-state index in [1.54, 1.807) is 6.20 Å². The summed E-state index contributed by atoms with van der Waals surface area (Å²) in [7, 11) is 0. The molecule has 3 N–H and O–H groups in total. The van der Waals surface area contributed by atoms with Crippen molar-refractivity contribution in [1.29, 1.82) is 0 Å². The Morgan fingerprint density at radius 2 is 2.16 bits per heavy atom. The highest BCUT2D eigenvalue weighted by molar-refractivity contribution is 9.10. The van der Waals surface area contributed by atoms with E-state index in [2.05, 4.69) is 43.9 Å². The van der Waals surface area contributed by atoms with Gasteiger partial charge in [-0.25, -0.2) is 4.98 Å². The number of hydrogen-bond acceptors (Lipinski definition) is 3. The van der Waals surface area contributed by atoms with Crippen LogP contribution in [0.15, 0.2) is 34.9 Å². The first kappa shape index (κ1) is 12.3. The normalized spacial score (nSPS) is 11.1. The summed E-state index contributed by atoms with van der Waals surface area (Å²) in [4.78, 5) is 12.2. The van der Waals surface area contributed by atoms with Gasteiger partial charge in [-0.1, -0.05) is 15.9 Å². The molecular weight excluding hydrogens is 304 g/mol. The van der Waals surface area contributed by atoms with Gasteiger partial charge in [0.15, 0.2) is 0 Å². The Labute approximate surface area is 119 Å². The van der Waals surface area contributed by atoms with Gasteiger partial charge in [-0.05, 0) is 36.8 Å². The number of nitrogens with zero attached hydrogens (tertiary/aromatic N) is 2. The van der Waals surface area contributed by atoms with Crippen molar-refractivity contribution in [3.63, 3.8) is 0 Å². The van der Waals surface area contributed by atoms with Crippen molar-refractivity contribution < 1.29 is 0 Å². The van der Waals surface area contributed by atoms with Crippen molar-refractivity contribution in [2.75, 3.05) is 0 Å². The van der Waals surface area contributed by atoms with Crippen LogP contribution in [0.4, 0.5) is 0 Å². The monoisotopic (exact) mass is 316 g/mol. The van der Waals surface area contributed by atoms with Crippen LogP contribution in [0.3, 0.4) is 0 Å². The third-order valence-electron chi connectivity index (χ3n) is 3.04. The zero-order valence-corrected chi connectivity index (χ0v) is 12.0. The summed E-state index contributed by atoms with van der Waals surface area (Å²) >= 11 is 3.50. The highest BCUT2D eigenvalue weighted by atomic mass is 79.9. The summed E-state index contributed by atoms with van der Waals surface area (Å²) in [6, 6.07) is 7.98. The highest BCUT2D eigenvalue weighted by Gasteiger charge is 2.08. The standard InChI is InChI=1S/C14H13BrN4/c1-8-4-10(15)6-12-13(8)19-14(18-12)9-2-3-17-11(5-9)7-16/h2-6H,7,16H2,1H3,(H,18,19). The third-order valence-corrected chi connectivity index (χ3v) is 3.50. The van der Waals surface area contributed by atoms with Crippen LogP contribution in [0.25, 0.3) is 22.4 Å². The topological polar surface area (TPSA) is 67.6 Å². The number of aryl methyl sites for hydroxylation is 1. The lowest BCUT2D eigenvalue weighted by Gasteiger charge is -1.99. The number of nitrogens with two attached hydrogens (primary N) is 1. The number of aromatic amines is 1. The van der Waals surface area contributed by atoms with Crippen LogP contribution in [-0.4, -0.2) is 15.0 Å². The lowest BCUT2D eigenvalue weighted by Crippen LogP contribution is -1.99. The molecule has 2 heterocycles. The van der Waals surface area contributed by atoms with E-state index in [9.17, 15) is 0 Å². The van der Waals surface area contributed by atoms with Gasteiger partial charge in [-0.2, -0.15) is 0 Å². The molecule has 0 radical (unpaired) electrons. The maximum Gasteiger partial charge on any atom is 0.138 e. The molecule has 0 saturated carbocycles. The molecule has 0 aliphatic heterocycles. The number of imidazole rings is 1. The molecule has 5 heteroatoms. The first-order chi connectivity index (χ1) is 9.17. The molecular formula is C14H13BrN4. The van der Waals surface area contributed by atoms with E-state index < -0.39 is 0 Å². The summed E-state index contributed by atoms with van der Waals surface area (Å²) in [5, 5.41) is 0. The van der Waals surface area contributed by atoms with Crippen molar-refractivity contribution >= 4 is 27.0 Å². The Kier molecular flexibility index (Phi) is 3.08. The van der Waals surface area contributed by atoms with Crippen LogP contribution < -0.4 is 5.73 Å². The van der Waals surface area contributed by atoms with Gasteiger partial charge in [0.05, 0.1) is 16.7 Å². The lowest BCUT2D eigenvalue weighted by atomic mass is 10.2. The molecule has 2 aromatic heterocycles. The maximum absolute atomic E-state index is 5.62. The Morgan fingerprint density at radius 3 is 2.95 bits per heavy atom. The Hall–Kier alpha value is -1.72. The molecule has 3 rings (SSSR count). The second-order valence-electron chi connectivity index (χ2n) is 4.44. The number of nitrogens with one attached hydrogen (secondary N) is 1. The molecule has 96 valence electrons. The van der Waals surface area contributed by atoms with Gasteiger partial charge in [-0.3, -0.25) is 4.98 Å². The van der Waals surface area contributed by atoms with Crippen LogP contribution in [-0.2, 0) is 6.54 Å². The first-order valence-electron chi connectivity index (χ1n) is 5.98. The predicted molar refractivity (Wildman–Crippen MR) is 79.7 cm³/mol. The predicted octanol–water partition coefficient (Wildman–Crippen LogP) is 3.15. The number of fused-ring (bicyclic) bond motifs is 1. The second-order valence-corrected chi connectivity index (χ2v) is 5.36. The molecule has 3 aromatic rings. The third kappa shape index (κ3) is 2.27. The molecule has 0 atom stereocenters. The van der Waals surface area contributed by atoms with Crippen molar-refractivity contribution in [1.82, 2.24) is 15.0 Å². The van der Waals surface area contributed by atoms with E-state index in [-0.39, 0.29) is 0 Å². The van der Waals surface area contributed by atoms with Gasteiger partial charge in [0.2, 0.25) is 0 Å².